The molecule has 0 radical (unpaired) electrons. The van der Waals surface area contributed by atoms with Crippen molar-refractivity contribution in [2.24, 2.45) is 5.92 Å². The van der Waals surface area contributed by atoms with Crippen LogP contribution in [0.3, 0.4) is 0 Å². The maximum absolute atomic E-state index is 5.86. The van der Waals surface area contributed by atoms with E-state index in [1.165, 1.54) is 59.0 Å². The van der Waals surface area contributed by atoms with Crippen LogP contribution in [0, 0.1) is 5.92 Å². The zero-order valence-electron chi connectivity index (χ0n) is 18.8. The Hall–Kier alpha value is -2.32. The maximum atomic E-state index is 5.86. The first-order valence-corrected chi connectivity index (χ1v) is 11.6. The van der Waals surface area contributed by atoms with Crippen LogP contribution in [0.2, 0.25) is 0 Å². The number of aryl methyl sites for hydroxylation is 1. The molecule has 1 fully saturated rings. The molecule has 30 heavy (non-hydrogen) atoms. The Morgan fingerprint density at radius 2 is 1.70 bits per heavy atom. The van der Waals surface area contributed by atoms with E-state index in [2.05, 4.69) is 73.3 Å². The second-order valence-corrected chi connectivity index (χ2v) is 8.86. The van der Waals surface area contributed by atoms with Crippen molar-refractivity contribution in [3.8, 4) is 16.9 Å². The van der Waals surface area contributed by atoms with Crippen molar-refractivity contribution < 1.29 is 4.74 Å². The molecule has 0 aliphatic carbocycles. The molecule has 0 saturated carbocycles. The summed E-state index contributed by atoms with van der Waals surface area (Å²) in [4.78, 5) is 2.64. The van der Waals surface area contributed by atoms with Crippen molar-refractivity contribution in [2.45, 2.75) is 46.0 Å². The molecule has 3 aromatic carbocycles. The third-order valence-corrected chi connectivity index (χ3v) is 6.57. The summed E-state index contributed by atoms with van der Waals surface area (Å²) < 4.78 is 5.86. The van der Waals surface area contributed by atoms with Crippen LogP contribution in [-0.2, 0) is 12.8 Å². The number of benzene rings is 3. The maximum Gasteiger partial charge on any atom is 0.126 e. The molecule has 158 valence electrons. The third-order valence-electron chi connectivity index (χ3n) is 6.57. The van der Waals surface area contributed by atoms with E-state index >= 15 is 0 Å². The zero-order valence-corrected chi connectivity index (χ0v) is 18.8. The van der Waals surface area contributed by atoms with Crippen LogP contribution >= 0.6 is 0 Å². The normalized spacial score (nSPS) is 17.4. The van der Waals surface area contributed by atoms with Gasteiger partial charge in [-0.2, -0.15) is 0 Å². The summed E-state index contributed by atoms with van der Waals surface area (Å²) in [6.07, 6.45) is 6.04. The first kappa shape index (κ1) is 20.9. The molecule has 1 aliphatic heterocycles. The van der Waals surface area contributed by atoms with Crippen LogP contribution in [-0.4, -0.2) is 31.6 Å². The number of hydrogen-bond acceptors (Lipinski definition) is 2. The van der Waals surface area contributed by atoms with Crippen LogP contribution in [0.15, 0.2) is 54.6 Å². The van der Waals surface area contributed by atoms with Crippen molar-refractivity contribution in [3.63, 3.8) is 0 Å². The lowest BCUT2D eigenvalue weighted by Gasteiger charge is -2.31. The molecule has 2 heteroatoms. The van der Waals surface area contributed by atoms with Crippen molar-refractivity contribution in [2.75, 3.05) is 26.7 Å². The second kappa shape index (κ2) is 9.66. The summed E-state index contributed by atoms with van der Waals surface area (Å²) in [7, 11) is 1.79. The Labute approximate surface area is 181 Å². The van der Waals surface area contributed by atoms with Crippen LogP contribution in [0.1, 0.15) is 44.2 Å². The average molecular weight is 402 g/mol. The number of nitrogens with zero attached hydrogens (tertiary/aromatic N) is 1. The number of likely N-dealkylation sites (tertiary alicyclic amines) is 1. The van der Waals surface area contributed by atoms with Crippen molar-refractivity contribution in [3.05, 3.63) is 65.7 Å². The predicted octanol–water partition coefficient (Wildman–Crippen LogP) is 6.74. The number of fused-ring (bicyclic) bond motifs is 1. The SMILES string of the molecule is CCCc1cccc2c(-c3c(CCN4CCCC(C)C4)cccc3OC)cccc12. The highest BCUT2D eigenvalue weighted by molar-refractivity contribution is 6.00. The minimum Gasteiger partial charge on any atom is -0.496 e. The van der Waals surface area contributed by atoms with Crippen LogP contribution in [0.4, 0.5) is 0 Å². The fourth-order valence-corrected chi connectivity index (χ4v) is 5.11. The molecule has 1 aliphatic rings. The lowest BCUT2D eigenvalue weighted by Crippen LogP contribution is -2.35. The van der Waals surface area contributed by atoms with E-state index in [1.807, 2.05) is 0 Å². The lowest BCUT2D eigenvalue weighted by molar-refractivity contribution is 0.186. The molecule has 1 saturated heterocycles. The summed E-state index contributed by atoms with van der Waals surface area (Å²) >= 11 is 0. The van der Waals surface area contributed by atoms with E-state index in [1.54, 1.807) is 7.11 Å². The highest BCUT2D eigenvalue weighted by Gasteiger charge is 2.19. The summed E-state index contributed by atoms with van der Waals surface area (Å²) in [6, 6.07) is 20.0. The van der Waals surface area contributed by atoms with Gasteiger partial charge in [0.05, 0.1) is 7.11 Å². The molecule has 3 aromatic rings. The number of hydrogen-bond donors (Lipinski definition) is 0. The first-order valence-electron chi connectivity index (χ1n) is 11.6. The van der Waals surface area contributed by atoms with Gasteiger partial charge in [-0.25, -0.2) is 0 Å². The van der Waals surface area contributed by atoms with Gasteiger partial charge in [-0.05, 0) is 71.7 Å². The molecule has 0 spiro atoms. The Balaban J connectivity index is 1.74. The largest absolute Gasteiger partial charge is 0.496 e. The summed E-state index contributed by atoms with van der Waals surface area (Å²) in [5.41, 5.74) is 5.39. The summed E-state index contributed by atoms with van der Waals surface area (Å²) in [6.45, 7) is 8.22. The summed E-state index contributed by atoms with van der Waals surface area (Å²) in [5.74, 6) is 1.80. The highest BCUT2D eigenvalue weighted by Crippen LogP contribution is 2.39. The molecule has 4 rings (SSSR count). The number of piperidine rings is 1. The molecular formula is C28H35NO. The first-order chi connectivity index (χ1) is 14.7. The molecule has 2 nitrogen and oxygen atoms in total. The molecule has 1 unspecified atom stereocenters. The van der Waals surface area contributed by atoms with Gasteiger partial charge in [0.25, 0.3) is 0 Å². The number of ether oxygens (including phenoxy) is 1. The Morgan fingerprint density at radius 1 is 0.933 bits per heavy atom. The molecule has 0 amide bonds. The smallest absolute Gasteiger partial charge is 0.126 e. The van der Waals surface area contributed by atoms with Crippen molar-refractivity contribution >= 4 is 10.8 Å². The van der Waals surface area contributed by atoms with Crippen LogP contribution in [0.25, 0.3) is 21.9 Å². The predicted molar refractivity (Wildman–Crippen MR) is 128 cm³/mol. The fourth-order valence-electron chi connectivity index (χ4n) is 5.11. The van der Waals surface area contributed by atoms with E-state index in [0.717, 1.165) is 37.5 Å². The molecule has 0 bridgehead atoms. The quantitative estimate of drug-likeness (QED) is 0.434. The number of rotatable bonds is 7. The summed E-state index contributed by atoms with van der Waals surface area (Å²) in [5, 5.41) is 2.71. The fraction of sp³-hybridized carbons (Fsp3) is 0.429. The molecule has 1 atom stereocenters. The highest BCUT2D eigenvalue weighted by atomic mass is 16.5. The zero-order chi connectivity index (χ0) is 20.9. The number of methoxy groups -OCH3 is 1. The molecule has 0 aromatic heterocycles. The van der Waals surface area contributed by atoms with Crippen LogP contribution < -0.4 is 4.74 Å². The molecule has 0 N–H and O–H groups in total. The Morgan fingerprint density at radius 3 is 2.50 bits per heavy atom. The van der Waals surface area contributed by atoms with Crippen molar-refractivity contribution in [1.29, 1.82) is 0 Å². The van der Waals surface area contributed by atoms with Gasteiger partial charge in [-0.3, -0.25) is 0 Å². The Bertz CT molecular complexity index is 993. The van der Waals surface area contributed by atoms with Gasteiger partial charge in [0.1, 0.15) is 5.75 Å². The van der Waals surface area contributed by atoms with E-state index in [-0.39, 0.29) is 0 Å². The van der Waals surface area contributed by atoms with E-state index in [9.17, 15) is 0 Å². The van der Waals surface area contributed by atoms with Gasteiger partial charge in [0, 0.05) is 18.7 Å². The Kier molecular flexibility index (Phi) is 6.74. The standard InChI is InChI=1S/C28H35NO/c1-4-9-22-11-5-14-25-24(22)13-7-15-26(25)28-23(12-6-16-27(28)30-3)17-19-29-18-8-10-21(2)20-29/h5-7,11-16,21H,4,8-10,17-20H2,1-3H3. The van der Waals surface area contributed by atoms with E-state index in [4.69, 9.17) is 4.74 Å². The molecular weight excluding hydrogens is 366 g/mol. The monoisotopic (exact) mass is 401 g/mol. The van der Waals surface area contributed by atoms with Crippen LogP contribution in [0.5, 0.6) is 5.75 Å². The minimum atomic E-state index is 0.818. The van der Waals surface area contributed by atoms with E-state index in [0.29, 0.717) is 0 Å². The van der Waals surface area contributed by atoms with Gasteiger partial charge < -0.3 is 9.64 Å². The minimum absolute atomic E-state index is 0.818. The second-order valence-electron chi connectivity index (χ2n) is 8.86. The molecule has 1 heterocycles. The van der Waals surface area contributed by atoms with Gasteiger partial charge in [-0.15, -0.1) is 0 Å². The van der Waals surface area contributed by atoms with Gasteiger partial charge >= 0.3 is 0 Å². The van der Waals surface area contributed by atoms with Gasteiger partial charge in [0.2, 0.25) is 0 Å². The lowest BCUT2D eigenvalue weighted by atomic mass is 9.90. The third kappa shape index (κ3) is 4.39. The average Bonchev–Trinajstić information content (AvgIpc) is 2.77. The van der Waals surface area contributed by atoms with E-state index < -0.39 is 0 Å². The van der Waals surface area contributed by atoms with Crippen molar-refractivity contribution in [1.82, 2.24) is 4.90 Å². The topological polar surface area (TPSA) is 12.5 Å². The van der Waals surface area contributed by atoms with Gasteiger partial charge in [0.15, 0.2) is 0 Å². The van der Waals surface area contributed by atoms with Gasteiger partial charge in [-0.1, -0.05) is 68.8 Å².